The van der Waals surface area contributed by atoms with E-state index in [9.17, 15) is 0 Å². The van der Waals surface area contributed by atoms with E-state index in [1.165, 1.54) is 32.1 Å². The maximum atomic E-state index is 5.83. The number of hydrogen-bond donors (Lipinski definition) is 1. The van der Waals surface area contributed by atoms with Crippen LogP contribution in [0.25, 0.3) is 0 Å². The highest BCUT2D eigenvalue weighted by Crippen LogP contribution is 2.35. The predicted molar refractivity (Wildman–Crippen MR) is 61.4 cm³/mol. The zero-order valence-corrected chi connectivity index (χ0v) is 10.1. The van der Waals surface area contributed by atoms with Crippen molar-refractivity contribution in [3.05, 3.63) is 0 Å². The molecule has 3 nitrogen and oxygen atoms in total. The molecule has 1 aliphatic carbocycles. The molecule has 1 saturated carbocycles. The van der Waals surface area contributed by atoms with Gasteiger partial charge in [0.1, 0.15) is 0 Å². The van der Waals surface area contributed by atoms with Crippen molar-refractivity contribution in [1.29, 1.82) is 0 Å². The lowest BCUT2D eigenvalue weighted by atomic mass is 9.78. The van der Waals surface area contributed by atoms with Gasteiger partial charge in [-0.1, -0.05) is 19.3 Å². The Hall–Kier alpha value is -0.0551. The van der Waals surface area contributed by atoms with Crippen LogP contribution in [0.15, 0.2) is 0 Å². The van der Waals surface area contributed by atoms with Crippen molar-refractivity contribution in [2.24, 2.45) is 5.92 Å². The number of rotatable bonds is 2. The molecule has 0 bridgehead atoms. The second-order valence-electron chi connectivity index (χ2n) is 5.33. The van der Waals surface area contributed by atoms with Crippen LogP contribution in [0.2, 0.25) is 0 Å². The van der Waals surface area contributed by atoms with E-state index < -0.39 is 0 Å². The highest BCUT2D eigenvalue weighted by atomic mass is 16.6. The lowest BCUT2D eigenvalue weighted by Crippen LogP contribution is -2.46. The summed E-state index contributed by atoms with van der Waals surface area (Å²) < 4.78 is 11.1. The Morgan fingerprint density at radius 3 is 2.47 bits per heavy atom. The van der Waals surface area contributed by atoms with E-state index in [0.29, 0.717) is 6.04 Å². The highest BCUT2D eigenvalue weighted by Gasteiger charge is 2.47. The van der Waals surface area contributed by atoms with Gasteiger partial charge in [0.25, 0.3) is 0 Å². The standard InChI is InChI=1S/C11H22BNO2/c1-11(2)10(13-12(14-3)15-11)9-7-5-4-6-8-9/h9-10,13H,4-8H2,1-3H3/t10-/m1/s1. The molecule has 2 aliphatic rings. The van der Waals surface area contributed by atoms with Crippen molar-refractivity contribution >= 4 is 7.25 Å². The van der Waals surface area contributed by atoms with E-state index in [0.717, 1.165) is 5.92 Å². The molecule has 0 spiro atoms. The summed E-state index contributed by atoms with van der Waals surface area (Å²) >= 11 is 0. The molecular weight excluding hydrogens is 189 g/mol. The van der Waals surface area contributed by atoms with Gasteiger partial charge in [-0.3, -0.25) is 5.23 Å². The monoisotopic (exact) mass is 211 g/mol. The fourth-order valence-electron chi connectivity index (χ4n) is 3.02. The quantitative estimate of drug-likeness (QED) is 0.708. The molecule has 1 saturated heterocycles. The summed E-state index contributed by atoms with van der Waals surface area (Å²) in [6, 6.07) is 0.447. The molecule has 0 unspecified atom stereocenters. The maximum Gasteiger partial charge on any atom is 0.555 e. The summed E-state index contributed by atoms with van der Waals surface area (Å²) in [6.45, 7) is 4.33. The van der Waals surface area contributed by atoms with Crippen LogP contribution in [0.4, 0.5) is 0 Å². The molecule has 15 heavy (non-hydrogen) atoms. The van der Waals surface area contributed by atoms with Crippen molar-refractivity contribution in [1.82, 2.24) is 5.23 Å². The molecule has 1 atom stereocenters. The van der Waals surface area contributed by atoms with Crippen molar-refractivity contribution < 1.29 is 9.31 Å². The molecule has 1 aliphatic heterocycles. The van der Waals surface area contributed by atoms with Crippen LogP contribution in [0.3, 0.4) is 0 Å². The van der Waals surface area contributed by atoms with Crippen molar-refractivity contribution in [2.75, 3.05) is 7.11 Å². The molecule has 2 rings (SSSR count). The lowest BCUT2D eigenvalue weighted by Gasteiger charge is -2.35. The number of nitrogens with one attached hydrogen (secondary N) is 1. The van der Waals surface area contributed by atoms with Crippen LogP contribution in [-0.4, -0.2) is 26.0 Å². The highest BCUT2D eigenvalue weighted by molar-refractivity contribution is 6.42. The van der Waals surface area contributed by atoms with Crippen LogP contribution < -0.4 is 5.23 Å². The van der Waals surface area contributed by atoms with Gasteiger partial charge >= 0.3 is 7.25 Å². The van der Waals surface area contributed by atoms with E-state index in [-0.39, 0.29) is 12.9 Å². The molecule has 1 heterocycles. The third-order valence-corrected chi connectivity index (χ3v) is 3.81. The topological polar surface area (TPSA) is 30.5 Å². The SMILES string of the molecule is COB1N[C@H](C2CCCCC2)C(C)(C)O1. The Morgan fingerprint density at radius 1 is 1.27 bits per heavy atom. The van der Waals surface area contributed by atoms with Gasteiger partial charge in [0.05, 0.1) is 5.60 Å². The molecule has 0 aromatic carbocycles. The van der Waals surface area contributed by atoms with E-state index in [2.05, 4.69) is 19.1 Å². The summed E-state index contributed by atoms with van der Waals surface area (Å²) in [5.74, 6) is 0.758. The summed E-state index contributed by atoms with van der Waals surface area (Å²) in [5, 5.41) is 3.46. The first-order chi connectivity index (χ1) is 7.13. The summed E-state index contributed by atoms with van der Waals surface area (Å²) in [7, 11) is 1.48. The van der Waals surface area contributed by atoms with E-state index in [1.54, 1.807) is 7.11 Å². The normalized spacial score (nSPS) is 32.2. The van der Waals surface area contributed by atoms with Gasteiger partial charge in [-0.15, -0.1) is 0 Å². The van der Waals surface area contributed by atoms with Crippen molar-refractivity contribution in [3.63, 3.8) is 0 Å². The molecule has 0 aromatic heterocycles. The number of hydrogen-bond acceptors (Lipinski definition) is 3. The van der Waals surface area contributed by atoms with Gasteiger partial charge in [-0.05, 0) is 32.6 Å². The van der Waals surface area contributed by atoms with E-state index in [4.69, 9.17) is 9.31 Å². The summed E-state index contributed by atoms with van der Waals surface area (Å²) in [4.78, 5) is 0. The molecule has 86 valence electrons. The second-order valence-corrected chi connectivity index (χ2v) is 5.33. The first-order valence-corrected chi connectivity index (χ1v) is 6.10. The molecular formula is C11H22BNO2. The van der Waals surface area contributed by atoms with Gasteiger partial charge in [0, 0.05) is 13.2 Å². The van der Waals surface area contributed by atoms with Crippen LogP contribution >= 0.6 is 0 Å². The first kappa shape index (κ1) is 11.4. The minimum Gasteiger partial charge on any atom is -0.400 e. The Balaban J connectivity index is 2.00. The van der Waals surface area contributed by atoms with Crippen molar-refractivity contribution in [2.45, 2.75) is 57.6 Å². The first-order valence-electron chi connectivity index (χ1n) is 6.10. The summed E-state index contributed by atoms with van der Waals surface area (Å²) in [6.07, 6.45) is 6.81. The van der Waals surface area contributed by atoms with Gasteiger partial charge in [-0.2, -0.15) is 0 Å². The summed E-state index contributed by atoms with van der Waals surface area (Å²) in [5.41, 5.74) is -0.0946. The Kier molecular flexibility index (Phi) is 3.38. The zero-order valence-electron chi connectivity index (χ0n) is 10.1. The van der Waals surface area contributed by atoms with E-state index >= 15 is 0 Å². The van der Waals surface area contributed by atoms with E-state index in [1.807, 2.05) is 0 Å². The van der Waals surface area contributed by atoms with Gasteiger partial charge < -0.3 is 9.31 Å². The molecule has 4 heteroatoms. The maximum absolute atomic E-state index is 5.83. The Morgan fingerprint density at radius 2 is 1.93 bits per heavy atom. The average molecular weight is 211 g/mol. The third-order valence-electron chi connectivity index (χ3n) is 3.81. The Bertz CT molecular complexity index is 217. The molecule has 0 aromatic rings. The van der Waals surface area contributed by atoms with Gasteiger partial charge in [-0.25, -0.2) is 0 Å². The van der Waals surface area contributed by atoms with Crippen LogP contribution in [-0.2, 0) is 9.31 Å². The van der Waals surface area contributed by atoms with Crippen molar-refractivity contribution in [3.8, 4) is 0 Å². The average Bonchev–Trinajstić information content (AvgIpc) is 2.55. The van der Waals surface area contributed by atoms with Crippen LogP contribution in [0.5, 0.6) is 0 Å². The minimum absolute atomic E-state index is 0.0946. The lowest BCUT2D eigenvalue weighted by molar-refractivity contribution is 0.0638. The molecule has 0 amide bonds. The minimum atomic E-state index is -0.216. The van der Waals surface area contributed by atoms with Gasteiger partial charge in [0.2, 0.25) is 0 Å². The van der Waals surface area contributed by atoms with Crippen LogP contribution in [0, 0.1) is 5.92 Å². The zero-order chi connectivity index (χ0) is 10.9. The second kappa shape index (κ2) is 4.44. The molecule has 1 N–H and O–H groups in total. The van der Waals surface area contributed by atoms with Crippen LogP contribution in [0.1, 0.15) is 46.0 Å². The predicted octanol–water partition coefficient (Wildman–Crippen LogP) is 1.96. The third kappa shape index (κ3) is 2.37. The fourth-order valence-corrected chi connectivity index (χ4v) is 3.02. The molecule has 2 fully saturated rings. The fraction of sp³-hybridized carbons (Fsp3) is 1.00. The smallest absolute Gasteiger partial charge is 0.400 e. The largest absolute Gasteiger partial charge is 0.555 e. The Labute approximate surface area is 93.1 Å². The van der Waals surface area contributed by atoms with Gasteiger partial charge in [0.15, 0.2) is 0 Å². The molecule has 0 radical (unpaired) electrons.